The Morgan fingerprint density at radius 3 is 2.68 bits per heavy atom. The lowest BCUT2D eigenvalue weighted by atomic mass is 10.1. The summed E-state index contributed by atoms with van der Waals surface area (Å²) in [7, 11) is 0. The van der Waals surface area contributed by atoms with Crippen LogP contribution in [0, 0.1) is 0 Å². The molecule has 25 heavy (non-hydrogen) atoms. The summed E-state index contributed by atoms with van der Waals surface area (Å²) in [5, 5.41) is 13.9. The largest absolute Gasteiger partial charge is 0.506 e. The number of benzene rings is 2. The maximum Gasteiger partial charge on any atom is 0.267 e. The summed E-state index contributed by atoms with van der Waals surface area (Å²) in [6, 6.07) is 14.8. The van der Waals surface area contributed by atoms with Gasteiger partial charge in [-0.25, -0.2) is 0 Å². The van der Waals surface area contributed by atoms with Crippen LogP contribution in [0.25, 0.3) is 10.9 Å². The molecule has 5 heteroatoms. The van der Waals surface area contributed by atoms with Crippen molar-refractivity contribution in [2.45, 2.75) is 25.9 Å². The molecule has 2 aromatic carbocycles. The number of hydrogen-bond acceptors (Lipinski definition) is 3. The van der Waals surface area contributed by atoms with Crippen molar-refractivity contribution in [2.75, 3.05) is 0 Å². The van der Waals surface area contributed by atoms with Crippen LogP contribution in [0.5, 0.6) is 5.75 Å². The number of hydrogen-bond donors (Lipinski definition) is 2. The molecule has 0 bridgehead atoms. The van der Waals surface area contributed by atoms with Crippen molar-refractivity contribution in [2.24, 2.45) is 0 Å². The van der Waals surface area contributed by atoms with Crippen molar-refractivity contribution >= 4 is 16.8 Å². The van der Waals surface area contributed by atoms with Gasteiger partial charge in [-0.15, -0.1) is 0 Å². The highest BCUT2D eigenvalue weighted by molar-refractivity contribution is 6.03. The van der Waals surface area contributed by atoms with Crippen LogP contribution in [0.3, 0.4) is 0 Å². The molecule has 1 aliphatic rings. The first-order valence-electron chi connectivity index (χ1n) is 8.31. The second-order valence-electron chi connectivity index (χ2n) is 6.35. The molecule has 1 aromatic heterocycles. The number of rotatable bonds is 3. The Labute approximate surface area is 144 Å². The summed E-state index contributed by atoms with van der Waals surface area (Å²) in [4.78, 5) is 25.5. The van der Waals surface area contributed by atoms with Crippen molar-refractivity contribution in [3.8, 4) is 5.75 Å². The highest BCUT2D eigenvalue weighted by Crippen LogP contribution is 2.32. The predicted octanol–water partition coefficient (Wildman–Crippen LogP) is 2.75. The van der Waals surface area contributed by atoms with Gasteiger partial charge in [-0.05, 0) is 30.5 Å². The molecule has 0 fully saturated rings. The van der Waals surface area contributed by atoms with Crippen molar-refractivity contribution in [3.63, 3.8) is 0 Å². The van der Waals surface area contributed by atoms with Crippen molar-refractivity contribution in [3.05, 3.63) is 75.6 Å². The van der Waals surface area contributed by atoms with Gasteiger partial charge in [0.2, 0.25) is 0 Å². The molecule has 126 valence electrons. The lowest BCUT2D eigenvalue weighted by Gasteiger charge is -2.16. The summed E-state index contributed by atoms with van der Waals surface area (Å²) in [5.74, 6) is -0.792. The average Bonchev–Trinajstić information content (AvgIpc) is 3.06. The fourth-order valence-electron chi connectivity index (χ4n) is 3.52. The van der Waals surface area contributed by atoms with Gasteiger partial charge in [0, 0.05) is 11.9 Å². The van der Waals surface area contributed by atoms with Crippen LogP contribution >= 0.6 is 0 Å². The van der Waals surface area contributed by atoms with Gasteiger partial charge in [-0.2, -0.15) is 0 Å². The summed E-state index contributed by atoms with van der Waals surface area (Å²) in [6.45, 7) is 2.38. The molecule has 2 N–H and O–H groups in total. The monoisotopic (exact) mass is 334 g/mol. The number of aromatic hydroxyl groups is 1. The molecular weight excluding hydrogens is 316 g/mol. The zero-order chi connectivity index (χ0) is 17.6. The lowest BCUT2D eigenvalue weighted by Crippen LogP contribution is -2.34. The van der Waals surface area contributed by atoms with Crippen LogP contribution in [-0.4, -0.2) is 15.6 Å². The lowest BCUT2D eigenvalue weighted by molar-refractivity contribution is 0.0935. The van der Waals surface area contributed by atoms with E-state index >= 15 is 0 Å². The third kappa shape index (κ3) is 2.39. The molecule has 0 saturated carbocycles. The number of carbonyl (C=O) groups is 1. The Kier molecular flexibility index (Phi) is 3.57. The van der Waals surface area contributed by atoms with Crippen LogP contribution in [0.1, 0.15) is 34.5 Å². The molecule has 5 nitrogen and oxygen atoms in total. The zero-order valence-corrected chi connectivity index (χ0v) is 13.8. The Hall–Kier alpha value is -3.08. The van der Waals surface area contributed by atoms with E-state index in [2.05, 4.69) is 5.32 Å². The van der Waals surface area contributed by atoms with Crippen molar-refractivity contribution in [1.29, 1.82) is 0 Å². The predicted molar refractivity (Wildman–Crippen MR) is 95.9 cm³/mol. The van der Waals surface area contributed by atoms with Crippen LogP contribution in [0.2, 0.25) is 0 Å². The Morgan fingerprint density at radius 1 is 1.16 bits per heavy atom. The summed E-state index contributed by atoms with van der Waals surface area (Å²) in [6.07, 6.45) is 0.734. The van der Waals surface area contributed by atoms with Gasteiger partial charge in [-0.3, -0.25) is 9.59 Å². The number of nitrogens with zero attached hydrogens (tertiary/aromatic N) is 1. The van der Waals surface area contributed by atoms with Crippen LogP contribution in [0.15, 0.2) is 53.3 Å². The second kappa shape index (κ2) is 5.77. The topological polar surface area (TPSA) is 71.3 Å². The molecule has 0 saturated heterocycles. The maximum atomic E-state index is 12.8. The van der Waals surface area contributed by atoms with Crippen molar-refractivity contribution in [1.82, 2.24) is 9.88 Å². The van der Waals surface area contributed by atoms with Crippen LogP contribution < -0.4 is 10.9 Å². The molecular formula is C20H18N2O3. The molecule has 3 aromatic rings. The quantitative estimate of drug-likeness (QED) is 0.774. The number of carbonyl (C=O) groups excluding carboxylic acids is 1. The standard InChI is InChI=1S/C20H18N2O3/c1-12(13-6-3-2-4-7-13)21-19(24)16-18(23)15-9-5-8-14-10-11-22(17(14)15)20(16)25/h2-9,12,23H,10-11H2,1H3,(H,21,24)/t12-/m1/s1. The number of aryl methyl sites for hydroxylation is 2. The van der Waals surface area contributed by atoms with E-state index in [-0.39, 0.29) is 17.4 Å². The minimum atomic E-state index is -0.554. The number of nitrogens with one attached hydrogen (secondary N) is 1. The number of pyridine rings is 1. The van der Waals surface area contributed by atoms with Crippen LogP contribution in [0.4, 0.5) is 0 Å². The Balaban J connectivity index is 1.78. The maximum absolute atomic E-state index is 12.8. The molecule has 0 unspecified atom stereocenters. The third-order valence-electron chi connectivity index (χ3n) is 4.82. The number of para-hydroxylation sites is 1. The fraction of sp³-hybridized carbons (Fsp3) is 0.200. The second-order valence-corrected chi connectivity index (χ2v) is 6.35. The minimum Gasteiger partial charge on any atom is -0.506 e. The number of aromatic nitrogens is 1. The first kappa shape index (κ1) is 15.4. The first-order chi connectivity index (χ1) is 12.1. The molecule has 0 spiro atoms. The zero-order valence-electron chi connectivity index (χ0n) is 13.8. The molecule has 0 radical (unpaired) electrons. The smallest absolute Gasteiger partial charge is 0.267 e. The summed E-state index contributed by atoms with van der Waals surface area (Å²) in [5.41, 5.74) is 2.07. The van der Waals surface area contributed by atoms with Gasteiger partial charge < -0.3 is 15.0 Å². The van der Waals surface area contributed by atoms with E-state index in [0.29, 0.717) is 11.9 Å². The van der Waals surface area contributed by atoms with E-state index in [1.165, 1.54) is 0 Å². The van der Waals surface area contributed by atoms with Gasteiger partial charge in [0.1, 0.15) is 11.3 Å². The molecule has 4 rings (SSSR count). The first-order valence-corrected chi connectivity index (χ1v) is 8.31. The normalized spacial score (nSPS) is 13.8. The Morgan fingerprint density at radius 2 is 1.92 bits per heavy atom. The van der Waals surface area contributed by atoms with E-state index in [1.54, 1.807) is 10.6 Å². The fourth-order valence-corrected chi connectivity index (χ4v) is 3.52. The van der Waals surface area contributed by atoms with E-state index in [0.717, 1.165) is 23.1 Å². The van der Waals surface area contributed by atoms with E-state index in [4.69, 9.17) is 0 Å². The van der Waals surface area contributed by atoms with E-state index in [1.807, 2.05) is 49.4 Å². The summed E-state index contributed by atoms with van der Waals surface area (Å²) >= 11 is 0. The van der Waals surface area contributed by atoms with Gasteiger partial charge in [0.25, 0.3) is 11.5 Å². The van der Waals surface area contributed by atoms with Crippen LogP contribution in [-0.2, 0) is 13.0 Å². The molecule has 1 atom stereocenters. The van der Waals surface area contributed by atoms with Gasteiger partial charge in [0.05, 0.1) is 11.6 Å². The Bertz CT molecular complexity index is 1040. The molecule has 1 aliphatic heterocycles. The molecule has 1 amide bonds. The summed E-state index contributed by atoms with van der Waals surface area (Å²) < 4.78 is 1.59. The van der Waals surface area contributed by atoms with Gasteiger partial charge in [0.15, 0.2) is 0 Å². The average molecular weight is 334 g/mol. The van der Waals surface area contributed by atoms with Gasteiger partial charge >= 0.3 is 0 Å². The molecule has 2 heterocycles. The highest BCUT2D eigenvalue weighted by atomic mass is 16.3. The highest BCUT2D eigenvalue weighted by Gasteiger charge is 2.26. The third-order valence-corrected chi connectivity index (χ3v) is 4.82. The number of amides is 1. The van der Waals surface area contributed by atoms with E-state index < -0.39 is 11.5 Å². The van der Waals surface area contributed by atoms with Gasteiger partial charge in [-0.1, -0.05) is 42.5 Å². The molecule has 0 aliphatic carbocycles. The van der Waals surface area contributed by atoms with E-state index in [9.17, 15) is 14.7 Å². The minimum absolute atomic E-state index is 0.186. The SMILES string of the molecule is C[C@@H](NC(=O)c1c(O)c2cccc3c2n(c1=O)CC3)c1ccccc1. The van der Waals surface area contributed by atoms with Crippen molar-refractivity contribution < 1.29 is 9.90 Å².